The number of nitrogen functional groups attached to an aromatic ring is 1. The average molecular weight is 334 g/mol. The van der Waals surface area contributed by atoms with Crippen LogP contribution in [0.1, 0.15) is 10.4 Å². The van der Waals surface area contributed by atoms with Crippen molar-refractivity contribution in [1.29, 1.82) is 0 Å². The molecule has 0 aliphatic heterocycles. The summed E-state index contributed by atoms with van der Waals surface area (Å²) in [5.74, 6) is -1.14. The van der Waals surface area contributed by atoms with E-state index < -0.39 is 11.7 Å². The standard InChI is InChI=1S/C13H8Cl3FN2O/c14-9-2-1-7(18)5-8(9)13(20)19-12-10(15)3-6(17)4-11(12)16/h1-5H,18H2,(H,19,20). The molecular formula is C13H8Cl3FN2O. The molecule has 2 aromatic carbocycles. The SMILES string of the molecule is Nc1ccc(Cl)c(C(=O)Nc2c(Cl)cc(F)cc2Cl)c1. The van der Waals surface area contributed by atoms with Crippen molar-refractivity contribution >= 4 is 52.1 Å². The lowest BCUT2D eigenvalue weighted by Gasteiger charge is -2.10. The minimum absolute atomic E-state index is 0.0108. The summed E-state index contributed by atoms with van der Waals surface area (Å²) in [6.07, 6.45) is 0. The lowest BCUT2D eigenvalue weighted by molar-refractivity contribution is 0.102. The minimum atomic E-state index is -0.597. The van der Waals surface area contributed by atoms with Gasteiger partial charge in [-0.1, -0.05) is 34.8 Å². The van der Waals surface area contributed by atoms with Crippen molar-refractivity contribution in [3.8, 4) is 0 Å². The molecule has 104 valence electrons. The number of amides is 1. The fraction of sp³-hybridized carbons (Fsp3) is 0. The second-order valence-corrected chi connectivity index (χ2v) is 5.16. The van der Waals surface area contributed by atoms with Gasteiger partial charge in [0.25, 0.3) is 5.91 Å². The predicted octanol–water partition coefficient (Wildman–Crippen LogP) is 4.62. The van der Waals surface area contributed by atoms with Gasteiger partial charge in [0.05, 0.1) is 26.3 Å². The maximum Gasteiger partial charge on any atom is 0.257 e. The molecule has 2 aromatic rings. The van der Waals surface area contributed by atoms with Crippen LogP contribution < -0.4 is 11.1 Å². The molecule has 0 bridgehead atoms. The number of halogens is 4. The molecule has 2 rings (SSSR count). The van der Waals surface area contributed by atoms with Gasteiger partial charge in [0.1, 0.15) is 5.82 Å². The summed E-state index contributed by atoms with van der Waals surface area (Å²) in [5, 5.41) is 2.69. The van der Waals surface area contributed by atoms with Crippen molar-refractivity contribution in [2.45, 2.75) is 0 Å². The van der Waals surface area contributed by atoms with E-state index in [2.05, 4.69) is 5.32 Å². The summed E-state index contributed by atoms with van der Waals surface area (Å²) in [4.78, 5) is 12.1. The predicted molar refractivity (Wildman–Crippen MR) is 80.2 cm³/mol. The largest absolute Gasteiger partial charge is 0.399 e. The van der Waals surface area contributed by atoms with Crippen molar-refractivity contribution in [1.82, 2.24) is 0 Å². The smallest absolute Gasteiger partial charge is 0.257 e. The number of rotatable bonds is 2. The number of carbonyl (C=O) groups is 1. The summed E-state index contributed by atoms with van der Waals surface area (Å²) in [5.41, 5.74) is 6.26. The van der Waals surface area contributed by atoms with Crippen molar-refractivity contribution in [2.24, 2.45) is 0 Å². The zero-order chi connectivity index (χ0) is 14.9. The molecule has 3 nitrogen and oxygen atoms in total. The van der Waals surface area contributed by atoms with Gasteiger partial charge in [-0.3, -0.25) is 4.79 Å². The van der Waals surface area contributed by atoms with Gasteiger partial charge in [0.2, 0.25) is 0 Å². The number of nitrogens with two attached hydrogens (primary N) is 1. The Bertz CT molecular complexity index is 668. The Labute approximate surface area is 129 Å². The summed E-state index contributed by atoms with van der Waals surface area (Å²) in [6.45, 7) is 0. The van der Waals surface area contributed by atoms with E-state index in [9.17, 15) is 9.18 Å². The first-order chi connectivity index (χ1) is 9.38. The van der Waals surface area contributed by atoms with Gasteiger partial charge in [-0.25, -0.2) is 4.39 Å². The van der Waals surface area contributed by atoms with Crippen molar-refractivity contribution in [2.75, 3.05) is 11.1 Å². The van der Waals surface area contributed by atoms with Crippen LogP contribution in [0.15, 0.2) is 30.3 Å². The summed E-state index contributed by atoms with van der Waals surface area (Å²) < 4.78 is 13.1. The van der Waals surface area contributed by atoms with Crippen LogP contribution in [0.25, 0.3) is 0 Å². The number of benzene rings is 2. The molecule has 7 heteroatoms. The molecule has 0 fully saturated rings. The second kappa shape index (κ2) is 5.87. The first kappa shape index (κ1) is 14.9. The first-order valence-electron chi connectivity index (χ1n) is 5.39. The van der Waals surface area contributed by atoms with Crippen LogP contribution in [-0.2, 0) is 0 Å². The third-order valence-electron chi connectivity index (χ3n) is 2.48. The molecule has 0 saturated heterocycles. The van der Waals surface area contributed by atoms with Crippen LogP contribution in [0.4, 0.5) is 15.8 Å². The van der Waals surface area contributed by atoms with Gasteiger partial charge < -0.3 is 11.1 Å². The summed E-state index contributed by atoms with van der Waals surface area (Å²) in [6, 6.07) is 6.58. The Morgan fingerprint density at radius 2 is 1.65 bits per heavy atom. The van der Waals surface area contributed by atoms with Crippen LogP contribution in [0, 0.1) is 5.82 Å². The Balaban J connectivity index is 2.35. The zero-order valence-electron chi connectivity index (χ0n) is 9.88. The van der Waals surface area contributed by atoms with E-state index in [0.717, 1.165) is 12.1 Å². The fourth-order valence-electron chi connectivity index (χ4n) is 1.56. The second-order valence-electron chi connectivity index (χ2n) is 3.94. The Hall–Kier alpha value is -1.49. The molecule has 3 N–H and O–H groups in total. The Kier molecular flexibility index (Phi) is 4.38. The van der Waals surface area contributed by atoms with Crippen LogP contribution in [0.3, 0.4) is 0 Å². The first-order valence-corrected chi connectivity index (χ1v) is 6.53. The number of hydrogen-bond donors (Lipinski definition) is 2. The van der Waals surface area contributed by atoms with Gasteiger partial charge in [0.15, 0.2) is 0 Å². The van der Waals surface area contributed by atoms with E-state index >= 15 is 0 Å². The highest BCUT2D eigenvalue weighted by Crippen LogP contribution is 2.32. The zero-order valence-corrected chi connectivity index (χ0v) is 12.2. The Morgan fingerprint density at radius 3 is 2.25 bits per heavy atom. The van der Waals surface area contributed by atoms with Gasteiger partial charge in [-0.2, -0.15) is 0 Å². The van der Waals surface area contributed by atoms with E-state index in [1.54, 1.807) is 6.07 Å². The van der Waals surface area contributed by atoms with E-state index in [4.69, 9.17) is 40.5 Å². The maximum absolute atomic E-state index is 13.1. The highest BCUT2D eigenvalue weighted by Gasteiger charge is 2.15. The van der Waals surface area contributed by atoms with Crippen molar-refractivity contribution in [3.63, 3.8) is 0 Å². The third kappa shape index (κ3) is 3.15. The molecule has 0 atom stereocenters. The molecule has 0 saturated carbocycles. The molecule has 0 aliphatic carbocycles. The fourth-order valence-corrected chi connectivity index (χ4v) is 2.32. The van der Waals surface area contributed by atoms with Gasteiger partial charge in [-0.15, -0.1) is 0 Å². The van der Waals surface area contributed by atoms with E-state index in [-0.39, 0.29) is 26.3 Å². The molecule has 0 spiro atoms. The van der Waals surface area contributed by atoms with Crippen LogP contribution >= 0.6 is 34.8 Å². The lowest BCUT2D eigenvalue weighted by atomic mass is 10.2. The van der Waals surface area contributed by atoms with Crippen LogP contribution in [0.2, 0.25) is 15.1 Å². The average Bonchev–Trinajstić information content (AvgIpc) is 2.36. The minimum Gasteiger partial charge on any atom is -0.399 e. The molecular weight excluding hydrogens is 326 g/mol. The number of nitrogens with one attached hydrogen (secondary N) is 1. The highest BCUT2D eigenvalue weighted by atomic mass is 35.5. The maximum atomic E-state index is 13.1. The molecule has 0 heterocycles. The molecule has 0 aromatic heterocycles. The van der Waals surface area contributed by atoms with Gasteiger partial charge in [-0.05, 0) is 30.3 Å². The number of carbonyl (C=O) groups excluding carboxylic acids is 1. The normalized spacial score (nSPS) is 10.4. The molecule has 0 unspecified atom stereocenters. The summed E-state index contributed by atoms with van der Waals surface area (Å²) >= 11 is 17.6. The molecule has 20 heavy (non-hydrogen) atoms. The molecule has 0 aliphatic rings. The number of anilines is 2. The van der Waals surface area contributed by atoms with Gasteiger partial charge >= 0.3 is 0 Å². The monoisotopic (exact) mass is 332 g/mol. The molecule has 0 radical (unpaired) electrons. The van der Waals surface area contributed by atoms with Crippen molar-refractivity contribution < 1.29 is 9.18 Å². The van der Waals surface area contributed by atoms with Crippen molar-refractivity contribution in [3.05, 3.63) is 56.8 Å². The quantitative estimate of drug-likeness (QED) is 0.788. The summed E-state index contributed by atoms with van der Waals surface area (Å²) in [7, 11) is 0. The lowest BCUT2D eigenvalue weighted by Crippen LogP contribution is -2.13. The topological polar surface area (TPSA) is 55.1 Å². The van der Waals surface area contributed by atoms with E-state index in [1.807, 2.05) is 0 Å². The highest BCUT2D eigenvalue weighted by molar-refractivity contribution is 6.40. The Morgan fingerprint density at radius 1 is 1.05 bits per heavy atom. The van der Waals surface area contributed by atoms with E-state index in [1.165, 1.54) is 12.1 Å². The van der Waals surface area contributed by atoms with Gasteiger partial charge in [0, 0.05) is 5.69 Å². The van der Waals surface area contributed by atoms with Crippen LogP contribution in [0.5, 0.6) is 0 Å². The number of hydrogen-bond acceptors (Lipinski definition) is 2. The van der Waals surface area contributed by atoms with E-state index in [0.29, 0.717) is 5.69 Å². The third-order valence-corrected chi connectivity index (χ3v) is 3.41. The molecule has 1 amide bonds. The van der Waals surface area contributed by atoms with Crippen LogP contribution in [-0.4, -0.2) is 5.91 Å².